The molecule has 0 nitrogen and oxygen atoms in total. The van der Waals surface area contributed by atoms with Gasteiger partial charge in [-0.1, -0.05) is 56.1 Å². The molecule has 29 heavy (non-hydrogen) atoms. The maximum absolute atomic E-state index is 14.0. The Balaban J connectivity index is 1.71. The fraction of sp³-hybridized carbons (Fsp3) is 0.185. The molecule has 144 valence electrons. The summed E-state index contributed by atoms with van der Waals surface area (Å²) in [7, 11) is 0. The van der Waals surface area contributed by atoms with Gasteiger partial charge in [0.05, 0.1) is 0 Å². The van der Waals surface area contributed by atoms with Crippen LogP contribution in [0.2, 0.25) is 0 Å². The summed E-state index contributed by atoms with van der Waals surface area (Å²) in [6.07, 6.45) is 2.31. The predicted octanol–water partition coefficient (Wildman–Crippen LogP) is 6.28. The highest BCUT2D eigenvalue weighted by atomic mass is 19.1. The second kappa shape index (κ2) is 9.72. The zero-order chi connectivity index (χ0) is 20.6. The molecule has 3 aromatic carbocycles. The average molecular weight is 384 g/mol. The van der Waals surface area contributed by atoms with Crippen LogP contribution in [0.15, 0.2) is 60.7 Å². The Morgan fingerprint density at radius 1 is 0.586 bits per heavy atom. The van der Waals surface area contributed by atoms with E-state index in [0.29, 0.717) is 23.1 Å². The average Bonchev–Trinajstić information content (AvgIpc) is 2.73. The lowest BCUT2D eigenvalue weighted by Gasteiger charge is -2.01. The third kappa shape index (κ3) is 5.56. The molecule has 0 heterocycles. The predicted molar refractivity (Wildman–Crippen MR) is 115 cm³/mol. The highest BCUT2D eigenvalue weighted by molar-refractivity contribution is 5.48. The fourth-order valence-corrected chi connectivity index (χ4v) is 2.93. The van der Waals surface area contributed by atoms with Gasteiger partial charge in [0.15, 0.2) is 0 Å². The normalized spacial score (nSPS) is 9.93. The topological polar surface area (TPSA) is 0 Å². The summed E-state index contributed by atoms with van der Waals surface area (Å²) in [5.74, 6) is 11.6. The molecule has 0 radical (unpaired) electrons. The third-order valence-electron chi connectivity index (χ3n) is 4.59. The van der Waals surface area contributed by atoms with Gasteiger partial charge in [0.25, 0.3) is 0 Å². The summed E-state index contributed by atoms with van der Waals surface area (Å²) in [5, 5.41) is 0. The summed E-state index contributed by atoms with van der Waals surface area (Å²) in [6, 6.07) is 17.7. The van der Waals surface area contributed by atoms with E-state index < -0.39 is 0 Å². The Bertz CT molecular complexity index is 1120. The van der Waals surface area contributed by atoms with Crippen LogP contribution in [0.4, 0.5) is 8.78 Å². The van der Waals surface area contributed by atoms with Crippen LogP contribution in [0.3, 0.4) is 0 Å². The molecule has 0 saturated heterocycles. The summed E-state index contributed by atoms with van der Waals surface area (Å²) < 4.78 is 27.8. The zero-order valence-electron chi connectivity index (χ0n) is 16.7. The quantitative estimate of drug-likeness (QED) is 0.466. The zero-order valence-corrected chi connectivity index (χ0v) is 16.7. The number of hydrogen-bond acceptors (Lipinski definition) is 0. The molecule has 0 aliphatic carbocycles. The van der Waals surface area contributed by atoms with Crippen molar-refractivity contribution in [2.75, 3.05) is 0 Å². The summed E-state index contributed by atoms with van der Waals surface area (Å²) in [4.78, 5) is 0. The molecule has 0 fully saturated rings. The molecule has 0 aliphatic heterocycles. The first kappa shape index (κ1) is 20.4. The lowest BCUT2D eigenvalue weighted by molar-refractivity contribution is 0.607. The lowest BCUT2D eigenvalue weighted by atomic mass is 10.1. The Morgan fingerprint density at radius 3 is 1.41 bits per heavy atom. The van der Waals surface area contributed by atoms with Crippen molar-refractivity contribution in [1.29, 1.82) is 0 Å². The van der Waals surface area contributed by atoms with Crippen molar-refractivity contribution >= 4 is 0 Å². The van der Waals surface area contributed by atoms with Gasteiger partial charge in [-0.3, -0.25) is 0 Å². The molecule has 3 aromatic rings. The minimum Gasteiger partial charge on any atom is -0.207 e. The van der Waals surface area contributed by atoms with E-state index in [4.69, 9.17) is 0 Å². The van der Waals surface area contributed by atoms with Crippen LogP contribution in [0, 0.1) is 35.3 Å². The molecular formula is C27H22F2. The van der Waals surface area contributed by atoms with Crippen molar-refractivity contribution in [1.82, 2.24) is 0 Å². The van der Waals surface area contributed by atoms with E-state index in [-0.39, 0.29) is 11.6 Å². The molecule has 0 bridgehead atoms. The standard InChI is InChI=1S/C27H22F2/c1-3-5-25-17-15-23(19-27(25)29)13-11-21-8-6-20(7-9-21)10-12-22-14-16-24(4-2)26(28)18-22/h6-9,14-19H,3-5H2,1-2H3. The molecule has 0 unspecified atom stereocenters. The van der Waals surface area contributed by atoms with E-state index in [1.54, 1.807) is 12.1 Å². The van der Waals surface area contributed by atoms with Gasteiger partial charge in [-0.05, 0) is 72.5 Å². The number of aryl methyl sites for hydroxylation is 2. The van der Waals surface area contributed by atoms with Crippen LogP contribution in [0.1, 0.15) is 53.6 Å². The summed E-state index contributed by atoms with van der Waals surface area (Å²) in [6.45, 7) is 3.95. The van der Waals surface area contributed by atoms with Crippen LogP contribution in [-0.4, -0.2) is 0 Å². The molecule has 0 amide bonds. The first-order valence-electron chi connectivity index (χ1n) is 9.80. The maximum Gasteiger partial charge on any atom is 0.127 e. The van der Waals surface area contributed by atoms with Crippen molar-refractivity contribution in [3.63, 3.8) is 0 Å². The highest BCUT2D eigenvalue weighted by Gasteiger charge is 2.01. The molecule has 0 atom stereocenters. The number of halogens is 2. The van der Waals surface area contributed by atoms with Crippen molar-refractivity contribution in [2.24, 2.45) is 0 Å². The fourth-order valence-electron chi connectivity index (χ4n) is 2.93. The largest absolute Gasteiger partial charge is 0.207 e. The highest BCUT2D eigenvalue weighted by Crippen LogP contribution is 2.13. The van der Waals surface area contributed by atoms with Crippen LogP contribution < -0.4 is 0 Å². The van der Waals surface area contributed by atoms with E-state index in [0.717, 1.165) is 29.5 Å². The summed E-state index contributed by atoms with van der Waals surface area (Å²) >= 11 is 0. The lowest BCUT2D eigenvalue weighted by Crippen LogP contribution is -1.90. The van der Waals surface area contributed by atoms with Crippen molar-refractivity contribution < 1.29 is 8.78 Å². The Hall–Kier alpha value is -3.36. The van der Waals surface area contributed by atoms with Crippen LogP contribution in [0.5, 0.6) is 0 Å². The van der Waals surface area contributed by atoms with Crippen molar-refractivity contribution in [3.05, 3.63) is 106 Å². The SMILES string of the molecule is CCCc1ccc(C#Cc2ccc(C#Cc3ccc(CC)c(F)c3)cc2)cc1F. The Kier molecular flexibility index (Phi) is 6.83. The number of benzene rings is 3. The van der Waals surface area contributed by atoms with Gasteiger partial charge in [0.1, 0.15) is 11.6 Å². The van der Waals surface area contributed by atoms with Gasteiger partial charge >= 0.3 is 0 Å². The van der Waals surface area contributed by atoms with Crippen LogP contribution >= 0.6 is 0 Å². The van der Waals surface area contributed by atoms with Crippen LogP contribution in [0.25, 0.3) is 0 Å². The summed E-state index contributed by atoms with van der Waals surface area (Å²) in [5.41, 5.74) is 4.38. The van der Waals surface area contributed by atoms with Gasteiger partial charge < -0.3 is 0 Å². The third-order valence-corrected chi connectivity index (χ3v) is 4.59. The Morgan fingerprint density at radius 2 is 1.00 bits per heavy atom. The molecule has 0 saturated carbocycles. The van der Waals surface area contributed by atoms with Gasteiger partial charge in [0.2, 0.25) is 0 Å². The Labute approximate surface area is 171 Å². The minimum absolute atomic E-state index is 0.201. The minimum atomic E-state index is -0.218. The molecule has 0 aliphatic rings. The molecule has 0 aromatic heterocycles. The number of rotatable bonds is 3. The first-order valence-corrected chi connectivity index (χ1v) is 9.80. The molecule has 3 rings (SSSR count). The van der Waals surface area contributed by atoms with Crippen LogP contribution in [-0.2, 0) is 12.8 Å². The van der Waals surface area contributed by atoms with E-state index in [2.05, 4.69) is 23.7 Å². The van der Waals surface area contributed by atoms with Crippen molar-refractivity contribution in [2.45, 2.75) is 33.1 Å². The first-order chi connectivity index (χ1) is 14.1. The maximum atomic E-state index is 14.0. The smallest absolute Gasteiger partial charge is 0.127 e. The van der Waals surface area contributed by atoms with E-state index in [1.807, 2.05) is 50.2 Å². The van der Waals surface area contributed by atoms with E-state index in [9.17, 15) is 8.78 Å². The van der Waals surface area contributed by atoms with Gasteiger partial charge in [-0.15, -0.1) is 0 Å². The number of hydrogen-bond donors (Lipinski definition) is 0. The molecule has 0 spiro atoms. The van der Waals surface area contributed by atoms with E-state index in [1.165, 1.54) is 12.1 Å². The van der Waals surface area contributed by atoms with Gasteiger partial charge in [-0.25, -0.2) is 8.78 Å². The second-order valence-corrected chi connectivity index (χ2v) is 6.79. The molecule has 2 heteroatoms. The molecular weight excluding hydrogens is 362 g/mol. The van der Waals surface area contributed by atoms with E-state index >= 15 is 0 Å². The van der Waals surface area contributed by atoms with Crippen molar-refractivity contribution in [3.8, 4) is 23.7 Å². The monoisotopic (exact) mass is 384 g/mol. The van der Waals surface area contributed by atoms with Gasteiger partial charge in [0, 0.05) is 22.3 Å². The van der Waals surface area contributed by atoms with Gasteiger partial charge in [-0.2, -0.15) is 0 Å². The molecule has 0 N–H and O–H groups in total. The second-order valence-electron chi connectivity index (χ2n) is 6.79.